The van der Waals surface area contributed by atoms with Gasteiger partial charge in [-0.25, -0.2) is 0 Å². The zero-order valence-corrected chi connectivity index (χ0v) is 11.2. The van der Waals surface area contributed by atoms with Crippen molar-refractivity contribution >= 4 is 18.0 Å². The molecule has 1 atom stereocenters. The Morgan fingerprint density at radius 2 is 2.28 bits per heavy atom. The number of oxime groups is 1. The van der Waals surface area contributed by atoms with Crippen molar-refractivity contribution in [1.29, 1.82) is 0 Å². The molecule has 0 saturated carbocycles. The number of benzene rings is 1. The molecule has 1 aliphatic heterocycles. The van der Waals surface area contributed by atoms with Crippen molar-refractivity contribution in [1.82, 2.24) is 4.90 Å². The first-order chi connectivity index (χ1) is 8.76. The Balaban J connectivity index is 2.36. The van der Waals surface area contributed by atoms with Crippen LogP contribution in [0.4, 0.5) is 0 Å². The van der Waals surface area contributed by atoms with Gasteiger partial charge in [0.15, 0.2) is 0 Å². The van der Waals surface area contributed by atoms with Crippen LogP contribution < -0.4 is 0 Å². The summed E-state index contributed by atoms with van der Waals surface area (Å²) < 4.78 is 5.60. The van der Waals surface area contributed by atoms with Gasteiger partial charge in [0, 0.05) is 30.8 Å². The summed E-state index contributed by atoms with van der Waals surface area (Å²) in [6.07, 6.45) is 3.41. The van der Waals surface area contributed by atoms with E-state index in [1.54, 1.807) is 18.9 Å². The van der Waals surface area contributed by atoms with E-state index >= 15 is 0 Å². The van der Waals surface area contributed by atoms with Crippen LogP contribution in [0, 0.1) is 0 Å². The van der Waals surface area contributed by atoms with E-state index in [0.717, 1.165) is 17.0 Å². The molecule has 0 aromatic heterocycles. The van der Waals surface area contributed by atoms with Crippen molar-refractivity contribution in [2.45, 2.75) is 6.10 Å². The monoisotopic (exact) mass is 264 g/mol. The maximum atomic E-state index is 8.71. The zero-order valence-electron chi connectivity index (χ0n) is 10.4. The van der Waals surface area contributed by atoms with Crippen molar-refractivity contribution in [2.24, 2.45) is 5.16 Å². The molecule has 1 N–H and O–H groups in total. The van der Waals surface area contributed by atoms with Gasteiger partial charge in [0.25, 0.3) is 0 Å². The van der Waals surface area contributed by atoms with E-state index in [0.29, 0.717) is 0 Å². The van der Waals surface area contributed by atoms with Crippen LogP contribution >= 0.6 is 11.8 Å². The molecule has 1 aliphatic rings. The maximum Gasteiger partial charge on any atom is 0.115 e. The van der Waals surface area contributed by atoms with E-state index in [2.05, 4.69) is 16.3 Å². The molecule has 0 bridgehead atoms. The van der Waals surface area contributed by atoms with Gasteiger partial charge < -0.3 is 14.8 Å². The summed E-state index contributed by atoms with van der Waals surface area (Å²) in [4.78, 5) is 3.29. The summed E-state index contributed by atoms with van der Waals surface area (Å²) in [6, 6.07) is 7.77. The lowest BCUT2D eigenvalue weighted by molar-refractivity contribution is 0.139. The summed E-state index contributed by atoms with van der Waals surface area (Å²) in [5, 5.41) is 11.8. The van der Waals surface area contributed by atoms with Gasteiger partial charge in [-0.2, -0.15) is 0 Å². The zero-order chi connectivity index (χ0) is 13.0. The van der Waals surface area contributed by atoms with Crippen LogP contribution in [0.15, 0.2) is 40.5 Å². The molecular formula is C13H16N2O2S. The summed E-state index contributed by atoms with van der Waals surface area (Å²) in [7, 11) is 3.73. The highest BCUT2D eigenvalue weighted by atomic mass is 32.2. The van der Waals surface area contributed by atoms with Crippen LogP contribution in [0.2, 0.25) is 0 Å². The van der Waals surface area contributed by atoms with Crippen molar-refractivity contribution in [3.8, 4) is 0 Å². The van der Waals surface area contributed by atoms with Gasteiger partial charge in [0.05, 0.1) is 12.1 Å². The summed E-state index contributed by atoms with van der Waals surface area (Å²) in [5.41, 5.74) is 1.87. The molecule has 0 saturated heterocycles. The van der Waals surface area contributed by atoms with Crippen LogP contribution in [0.3, 0.4) is 0 Å². The van der Waals surface area contributed by atoms with Gasteiger partial charge in [-0.05, 0) is 5.56 Å². The molecule has 18 heavy (non-hydrogen) atoms. The largest absolute Gasteiger partial charge is 0.411 e. The van der Waals surface area contributed by atoms with Crippen LogP contribution in [0.5, 0.6) is 0 Å². The molecule has 1 aromatic rings. The third-order valence-corrected chi connectivity index (χ3v) is 3.94. The fourth-order valence-corrected chi connectivity index (χ4v) is 2.99. The number of rotatable bonds is 4. The Morgan fingerprint density at radius 3 is 2.89 bits per heavy atom. The molecule has 0 spiro atoms. The van der Waals surface area contributed by atoms with E-state index in [4.69, 9.17) is 9.94 Å². The molecule has 96 valence electrons. The SMILES string of the molecule is COC(C1=CN(C)CS1)c1ccccc1C=NO. The second-order valence-corrected chi connectivity index (χ2v) is 5.07. The quantitative estimate of drug-likeness (QED) is 0.516. The highest BCUT2D eigenvalue weighted by Crippen LogP contribution is 2.38. The van der Waals surface area contributed by atoms with Gasteiger partial charge in [0.1, 0.15) is 6.10 Å². The molecule has 1 aromatic carbocycles. The molecule has 0 aliphatic carbocycles. The minimum Gasteiger partial charge on any atom is -0.411 e. The molecule has 1 unspecified atom stereocenters. The third kappa shape index (κ3) is 2.68. The minimum absolute atomic E-state index is 0.117. The Bertz CT molecular complexity index is 474. The predicted octanol–water partition coefficient (Wildman–Crippen LogP) is 2.66. The average molecular weight is 264 g/mol. The predicted molar refractivity (Wildman–Crippen MR) is 73.9 cm³/mol. The van der Waals surface area contributed by atoms with Crippen LogP contribution in [0.25, 0.3) is 0 Å². The van der Waals surface area contributed by atoms with E-state index in [9.17, 15) is 0 Å². The van der Waals surface area contributed by atoms with Crippen molar-refractivity contribution in [3.05, 3.63) is 46.5 Å². The van der Waals surface area contributed by atoms with Gasteiger partial charge in [-0.15, -0.1) is 11.8 Å². The number of nitrogens with zero attached hydrogens (tertiary/aromatic N) is 2. The molecule has 5 heteroatoms. The molecule has 4 nitrogen and oxygen atoms in total. The number of hydrogen-bond acceptors (Lipinski definition) is 5. The maximum absolute atomic E-state index is 8.71. The molecule has 0 radical (unpaired) electrons. The van der Waals surface area contributed by atoms with Gasteiger partial charge in [-0.3, -0.25) is 0 Å². The highest BCUT2D eigenvalue weighted by Gasteiger charge is 2.23. The molecule has 2 rings (SSSR count). The first-order valence-electron chi connectivity index (χ1n) is 5.60. The standard InChI is InChI=1S/C13H16N2O2S/c1-15-8-12(18-9-15)13(17-2)11-6-4-3-5-10(11)7-14-16/h3-8,13,16H,9H2,1-2H3. The molecular weight excluding hydrogens is 248 g/mol. The lowest BCUT2D eigenvalue weighted by atomic mass is 10.0. The topological polar surface area (TPSA) is 45.1 Å². The van der Waals surface area contributed by atoms with Crippen molar-refractivity contribution in [2.75, 3.05) is 20.0 Å². The van der Waals surface area contributed by atoms with Gasteiger partial charge in [-0.1, -0.05) is 29.4 Å². The Kier molecular flexibility index (Phi) is 4.28. The second kappa shape index (κ2) is 5.93. The number of hydrogen-bond donors (Lipinski definition) is 1. The Labute approximate surface area is 111 Å². The average Bonchev–Trinajstić information content (AvgIpc) is 2.79. The van der Waals surface area contributed by atoms with Crippen LogP contribution in [-0.4, -0.2) is 36.4 Å². The summed E-state index contributed by atoms with van der Waals surface area (Å²) in [5.74, 6) is 0.936. The smallest absolute Gasteiger partial charge is 0.115 e. The molecule has 0 amide bonds. The van der Waals surface area contributed by atoms with Crippen molar-refractivity contribution < 1.29 is 9.94 Å². The second-order valence-electron chi connectivity index (χ2n) is 4.05. The summed E-state index contributed by atoms with van der Waals surface area (Å²) in [6.45, 7) is 0. The van der Waals surface area contributed by atoms with Crippen LogP contribution in [0.1, 0.15) is 17.2 Å². The number of thioether (sulfide) groups is 1. The van der Waals surface area contributed by atoms with Gasteiger partial charge in [0.2, 0.25) is 0 Å². The van der Waals surface area contributed by atoms with Gasteiger partial charge >= 0.3 is 0 Å². The third-order valence-electron chi connectivity index (χ3n) is 2.75. The fourth-order valence-electron chi connectivity index (χ4n) is 1.94. The van der Waals surface area contributed by atoms with E-state index in [1.807, 2.05) is 31.3 Å². The highest BCUT2D eigenvalue weighted by molar-refractivity contribution is 8.03. The van der Waals surface area contributed by atoms with E-state index in [1.165, 1.54) is 11.1 Å². The fraction of sp³-hybridized carbons (Fsp3) is 0.308. The van der Waals surface area contributed by atoms with E-state index in [-0.39, 0.29) is 6.10 Å². The number of methoxy groups -OCH3 is 1. The first kappa shape index (κ1) is 13.0. The Hall–Kier alpha value is -1.46. The lowest BCUT2D eigenvalue weighted by Crippen LogP contribution is -2.06. The summed E-state index contributed by atoms with van der Waals surface area (Å²) >= 11 is 1.76. The molecule has 1 heterocycles. The van der Waals surface area contributed by atoms with Crippen LogP contribution in [-0.2, 0) is 4.74 Å². The molecule has 0 fully saturated rings. The first-order valence-corrected chi connectivity index (χ1v) is 6.58. The normalized spacial score (nSPS) is 17.2. The Morgan fingerprint density at radius 1 is 1.50 bits per heavy atom. The van der Waals surface area contributed by atoms with Crippen molar-refractivity contribution in [3.63, 3.8) is 0 Å². The number of ether oxygens (including phenoxy) is 1. The lowest BCUT2D eigenvalue weighted by Gasteiger charge is -2.17. The van der Waals surface area contributed by atoms with E-state index < -0.39 is 0 Å². The minimum atomic E-state index is -0.117.